The first-order valence-electron chi connectivity index (χ1n) is 4.04. The van der Waals surface area contributed by atoms with Crippen molar-refractivity contribution >= 4 is 21.7 Å². The summed E-state index contributed by atoms with van der Waals surface area (Å²) in [7, 11) is 0. The first-order chi connectivity index (χ1) is 6.13. The highest BCUT2D eigenvalue weighted by atomic mass is 79.9. The van der Waals surface area contributed by atoms with Gasteiger partial charge in [-0.1, -0.05) is 28.6 Å². The zero-order valence-electron chi connectivity index (χ0n) is 7.51. The maximum Gasteiger partial charge on any atom is 0.159 e. The van der Waals surface area contributed by atoms with E-state index in [1.807, 2.05) is 25.1 Å². The Bertz CT molecular complexity index is 342. The quantitative estimate of drug-likeness (QED) is 0.741. The van der Waals surface area contributed by atoms with Crippen molar-refractivity contribution in [1.29, 1.82) is 0 Å². The van der Waals surface area contributed by atoms with E-state index in [1.165, 1.54) is 6.08 Å². The minimum Gasteiger partial charge on any atom is -0.295 e. The van der Waals surface area contributed by atoms with Gasteiger partial charge in [0.05, 0.1) is 0 Å². The molecule has 1 aromatic carbocycles. The van der Waals surface area contributed by atoms with Gasteiger partial charge in [-0.15, -0.1) is 0 Å². The van der Waals surface area contributed by atoms with Crippen LogP contribution in [0.2, 0.25) is 0 Å². The average molecular weight is 239 g/mol. The fourth-order valence-electron chi connectivity index (χ4n) is 1.09. The summed E-state index contributed by atoms with van der Waals surface area (Å²) in [5.41, 5.74) is 2.19. The van der Waals surface area contributed by atoms with Crippen molar-refractivity contribution in [3.05, 3.63) is 46.5 Å². The van der Waals surface area contributed by atoms with E-state index in [1.54, 1.807) is 0 Å². The number of rotatable bonds is 3. The summed E-state index contributed by atoms with van der Waals surface area (Å²) in [6, 6.07) is 5.93. The van der Waals surface area contributed by atoms with Gasteiger partial charge in [0, 0.05) is 10.9 Å². The highest BCUT2D eigenvalue weighted by Gasteiger charge is 2.02. The van der Waals surface area contributed by atoms with Gasteiger partial charge in [-0.2, -0.15) is 0 Å². The van der Waals surface area contributed by atoms with E-state index in [4.69, 9.17) is 0 Å². The second-order valence-corrected chi connectivity index (χ2v) is 3.83. The first-order valence-corrected chi connectivity index (χ1v) is 4.83. The minimum absolute atomic E-state index is 0.0567. The van der Waals surface area contributed by atoms with Crippen LogP contribution in [0.1, 0.15) is 11.1 Å². The van der Waals surface area contributed by atoms with Crippen LogP contribution in [0.5, 0.6) is 0 Å². The molecular formula is C11H11BrO. The minimum atomic E-state index is 0.0567. The normalized spacial score (nSPS) is 9.69. The van der Waals surface area contributed by atoms with Gasteiger partial charge >= 0.3 is 0 Å². The summed E-state index contributed by atoms with van der Waals surface area (Å²) < 4.78 is 1.00. The third kappa shape index (κ3) is 2.81. The lowest BCUT2D eigenvalue weighted by Crippen LogP contribution is -1.99. The highest BCUT2D eigenvalue weighted by molar-refractivity contribution is 9.10. The van der Waals surface area contributed by atoms with Crippen LogP contribution >= 0.6 is 15.9 Å². The van der Waals surface area contributed by atoms with E-state index in [0.717, 1.165) is 15.6 Å². The Kier molecular flexibility index (Phi) is 3.43. The topological polar surface area (TPSA) is 17.1 Å². The predicted octanol–water partition coefficient (Wildman–Crippen LogP) is 3.06. The maximum atomic E-state index is 11.1. The van der Waals surface area contributed by atoms with Gasteiger partial charge in [-0.3, -0.25) is 4.79 Å². The van der Waals surface area contributed by atoms with Gasteiger partial charge < -0.3 is 0 Å². The second-order valence-electron chi connectivity index (χ2n) is 2.92. The zero-order valence-corrected chi connectivity index (χ0v) is 9.10. The largest absolute Gasteiger partial charge is 0.295 e. The summed E-state index contributed by atoms with van der Waals surface area (Å²) in [6.45, 7) is 5.45. The van der Waals surface area contributed by atoms with Gasteiger partial charge in [-0.05, 0) is 36.3 Å². The molecule has 0 spiro atoms. The van der Waals surface area contributed by atoms with Crippen LogP contribution in [0.4, 0.5) is 0 Å². The van der Waals surface area contributed by atoms with E-state index < -0.39 is 0 Å². The van der Waals surface area contributed by atoms with Gasteiger partial charge in [0.25, 0.3) is 0 Å². The lowest BCUT2D eigenvalue weighted by molar-refractivity contribution is -0.114. The van der Waals surface area contributed by atoms with Crippen LogP contribution in [0, 0.1) is 6.92 Å². The molecule has 0 unspecified atom stereocenters. The molecular weight excluding hydrogens is 228 g/mol. The lowest BCUT2D eigenvalue weighted by Gasteiger charge is -2.03. The second kappa shape index (κ2) is 4.38. The first kappa shape index (κ1) is 10.2. The number of halogens is 1. The van der Waals surface area contributed by atoms with Crippen LogP contribution < -0.4 is 0 Å². The van der Waals surface area contributed by atoms with Gasteiger partial charge in [0.1, 0.15) is 0 Å². The highest BCUT2D eigenvalue weighted by Crippen LogP contribution is 2.16. The van der Waals surface area contributed by atoms with Gasteiger partial charge in [-0.25, -0.2) is 0 Å². The smallest absolute Gasteiger partial charge is 0.159 e. The Hall–Kier alpha value is -0.890. The molecule has 2 heteroatoms. The molecule has 1 aromatic rings. The molecule has 0 aromatic heterocycles. The van der Waals surface area contributed by atoms with E-state index in [9.17, 15) is 4.79 Å². The van der Waals surface area contributed by atoms with Crippen molar-refractivity contribution in [3.63, 3.8) is 0 Å². The number of benzene rings is 1. The molecule has 0 radical (unpaired) electrons. The summed E-state index contributed by atoms with van der Waals surface area (Å²) >= 11 is 3.37. The van der Waals surface area contributed by atoms with Crippen molar-refractivity contribution in [3.8, 4) is 0 Å². The molecule has 0 heterocycles. The van der Waals surface area contributed by atoms with E-state index in [2.05, 4.69) is 22.5 Å². The summed E-state index contributed by atoms with van der Waals surface area (Å²) in [4.78, 5) is 11.1. The number of hydrogen-bond acceptors (Lipinski definition) is 1. The Labute approximate surface area is 86.6 Å². The van der Waals surface area contributed by atoms with Crippen molar-refractivity contribution in [2.24, 2.45) is 0 Å². The van der Waals surface area contributed by atoms with Crippen molar-refractivity contribution in [2.45, 2.75) is 13.3 Å². The van der Waals surface area contributed by atoms with Crippen LogP contribution in [0.3, 0.4) is 0 Å². The Morgan fingerprint density at radius 1 is 1.62 bits per heavy atom. The Morgan fingerprint density at radius 2 is 2.31 bits per heavy atom. The molecule has 0 bridgehead atoms. The third-order valence-corrected chi connectivity index (χ3v) is 2.40. The van der Waals surface area contributed by atoms with Crippen LogP contribution in [-0.4, -0.2) is 5.78 Å². The van der Waals surface area contributed by atoms with Crippen LogP contribution in [0.15, 0.2) is 35.3 Å². The SMILES string of the molecule is C=CC(=O)Cc1cc(Br)ccc1C. The zero-order chi connectivity index (χ0) is 9.84. The molecule has 1 nitrogen and oxygen atoms in total. The molecule has 0 fully saturated rings. The molecule has 0 aliphatic rings. The standard InChI is InChI=1S/C11H11BrO/c1-3-11(13)7-9-6-10(12)5-4-8(9)2/h3-6H,1,7H2,2H3. The predicted molar refractivity (Wildman–Crippen MR) is 57.8 cm³/mol. The lowest BCUT2D eigenvalue weighted by atomic mass is 10.0. The monoisotopic (exact) mass is 238 g/mol. The molecule has 68 valence electrons. The molecule has 0 aliphatic heterocycles. The van der Waals surface area contributed by atoms with E-state index in [-0.39, 0.29) is 5.78 Å². The molecule has 13 heavy (non-hydrogen) atoms. The molecule has 0 saturated carbocycles. The average Bonchev–Trinajstić information content (AvgIpc) is 2.11. The van der Waals surface area contributed by atoms with Crippen molar-refractivity contribution in [2.75, 3.05) is 0 Å². The van der Waals surface area contributed by atoms with Crippen LogP contribution in [-0.2, 0) is 11.2 Å². The number of hydrogen-bond donors (Lipinski definition) is 0. The summed E-state index contributed by atoms with van der Waals surface area (Å²) in [5, 5.41) is 0. The number of aryl methyl sites for hydroxylation is 1. The maximum absolute atomic E-state index is 11.1. The molecule has 1 rings (SSSR count). The molecule has 0 N–H and O–H groups in total. The van der Waals surface area contributed by atoms with Crippen LogP contribution in [0.25, 0.3) is 0 Å². The molecule has 0 amide bonds. The molecule has 0 aliphatic carbocycles. The fraction of sp³-hybridized carbons (Fsp3) is 0.182. The number of carbonyl (C=O) groups excluding carboxylic acids is 1. The molecule has 0 saturated heterocycles. The van der Waals surface area contributed by atoms with Crippen molar-refractivity contribution < 1.29 is 4.79 Å². The van der Waals surface area contributed by atoms with E-state index >= 15 is 0 Å². The fourth-order valence-corrected chi connectivity index (χ4v) is 1.50. The summed E-state index contributed by atoms with van der Waals surface area (Å²) in [6.07, 6.45) is 1.80. The number of allylic oxidation sites excluding steroid dienone is 1. The molecule has 0 atom stereocenters. The van der Waals surface area contributed by atoms with E-state index in [0.29, 0.717) is 6.42 Å². The Balaban J connectivity index is 2.93. The number of ketones is 1. The Morgan fingerprint density at radius 3 is 2.92 bits per heavy atom. The van der Waals surface area contributed by atoms with Crippen molar-refractivity contribution in [1.82, 2.24) is 0 Å². The number of carbonyl (C=O) groups is 1. The third-order valence-electron chi connectivity index (χ3n) is 1.90. The summed E-state index contributed by atoms with van der Waals surface area (Å²) in [5.74, 6) is 0.0567. The van der Waals surface area contributed by atoms with Gasteiger partial charge in [0.2, 0.25) is 0 Å². The van der Waals surface area contributed by atoms with Gasteiger partial charge in [0.15, 0.2) is 5.78 Å².